The fourth-order valence-electron chi connectivity index (χ4n) is 1.73. The summed E-state index contributed by atoms with van der Waals surface area (Å²) in [6.45, 7) is 4.00. The molecule has 21 heavy (non-hydrogen) atoms. The summed E-state index contributed by atoms with van der Waals surface area (Å²) in [4.78, 5) is 4.26. The van der Waals surface area contributed by atoms with E-state index in [9.17, 15) is 0 Å². The van der Waals surface area contributed by atoms with Crippen molar-refractivity contribution in [2.24, 2.45) is 5.14 Å². The number of H-pyrrole nitrogens is 1. The maximum atomic E-state index is 6.10. The maximum absolute atomic E-state index is 6.10. The van der Waals surface area contributed by atoms with Crippen molar-refractivity contribution in [3.05, 3.63) is 40.9 Å². The van der Waals surface area contributed by atoms with Crippen LogP contribution in [0.15, 0.2) is 44.9 Å². The van der Waals surface area contributed by atoms with Crippen molar-refractivity contribution in [2.75, 3.05) is 4.72 Å². The van der Waals surface area contributed by atoms with Crippen molar-refractivity contribution in [1.29, 1.82) is 0 Å². The Kier molecular flexibility index (Phi) is 6.32. The summed E-state index contributed by atoms with van der Waals surface area (Å²) >= 11 is 10.6. The number of nitrogens with two attached hydrogens (primary N) is 1. The molecule has 3 rings (SSSR count). The van der Waals surface area contributed by atoms with Gasteiger partial charge < -0.3 is 9.71 Å². The average Bonchev–Trinajstić information content (AvgIpc) is 3.15. The summed E-state index contributed by atoms with van der Waals surface area (Å²) in [5, 5.41) is 9.33. The normalized spacial score (nSPS) is 10.3. The van der Waals surface area contributed by atoms with E-state index < -0.39 is 0 Å². The zero-order valence-electron chi connectivity index (χ0n) is 11.6. The van der Waals surface area contributed by atoms with E-state index >= 15 is 0 Å². The van der Waals surface area contributed by atoms with Gasteiger partial charge in [0.1, 0.15) is 0 Å². The monoisotopic (exact) mass is 357 g/mol. The van der Waals surface area contributed by atoms with E-state index in [4.69, 9.17) is 16.7 Å². The van der Waals surface area contributed by atoms with Gasteiger partial charge in [0.05, 0.1) is 20.4 Å². The fraction of sp³-hybridized carbons (Fsp3) is 0.143. The molecule has 0 atom stereocenters. The molecule has 0 aliphatic heterocycles. The molecule has 0 radical (unpaired) electrons. The third kappa shape index (κ3) is 3.90. The molecule has 0 bridgehead atoms. The number of fused-ring (bicyclic) bond motifs is 1. The molecule has 0 aliphatic rings. The highest BCUT2D eigenvalue weighted by molar-refractivity contribution is 8.02. The Morgan fingerprint density at radius 2 is 2.14 bits per heavy atom. The van der Waals surface area contributed by atoms with Gasteiger partial charge in [0, 0.05) is 21.9 Å². The number of hydrogen-bond acceptors (Lipinski definition) is 5. The highest BCUT2D eigenvalue weighted by atomic mass is 35.5. The Balaban J connectivity index is 0.000000774. The molecular formula is C14H16ClN3S3. The summed E-state index contributed by atoms with van der Waals surface area (Å²) in [6, 6.07) is 8.07. The topological polar surface area (TPSA) is 53.8 Å². The standard InChI is InChI=1S/C12H10ClN3S3.C2H6/c13-9-5-15-12-8(9)2-1-3-10(12)16-19-11-4-7(18-14)6-17-11;1-2/h1-6,15-16H,14H2;1-2H3. The Labute approximate surface area is 141 Å². The second kappa shape index (κ2) is 8.00. The lowest BCUT2D eigenvalue weighted by molar-refractivity contribution is 1.47. The quantitative estimate of drug-likeness (QED) is 0.501. The minimum absolute atomic E-state index is 0.738. The van der Waals surface area contributed by atoms with Gasteiger partial charge in [-0.3, -0.25) is 5.14 Å². The van der Waals surface area contributed by atoms with Crippen molar-refractivity contribution in [1.82, 2.24) is 4.98 Å². The molecule has 2 aromatic heterocycles. The van der Waals surface area contributed by atoms with Gasteiger partial charge in [-0.2, -0.15) is 0 Å². The number of thiophene rings is 1. The number of nitrogens with one attached hydrogen (secondary N) is 2. The summed E-state index contributed by atoms with van der Waals surface area (Å²) in [7, 11) is 0. The van der Waals surface area contributed by atoms with E-state index in [2.05, 4.69) is 15.8 Å². The van der Waals surface area contributed by atoms with Crippen LogP contribution in [0.25, 0.3) is 10.9 Å². The van der Waals surface area contributed by atoms with E-state index in [1.54, 1.807) is 29.5 Å². The first-order valence-electron chi connectivity index (χ1n) is 6.41. The lowest BCUT2D eigenvalue weighted by Gasteiger charge is -2.05. The zero-order valence-corrected chi connectivity index (χ0v) is 14.8. The third-order valence-electron chi connectivity index (χ3n) is 2.61. The number of rotatable bonds is 4. The molecule has 0 aliphatic carbocycles. The molecule has 0 spiro atoms. The molecule has 3 aromatic rings. The summed E-state index contributed by atoms with van der Waals surface area (Å²) in [5.41, 5.74) is 2.04. The minimum atomic E-state index is 0.738. The SMILES string of the molecule is CC.NSc1csc(SNc2cccc3c(Cl)c[nH]c23)c1. The zero-order chi connectivity index (χ0) is 15.2. The van der Waals surface area contributed by atoms with Crippen molar-refractivity contribution >= 4 is 63.4 Å². The van der Waals surface area contributed by atoms with Gasteiger partial charge in [-0.1, -0.05) is 37.6 Å². The minimum Gasteiger partial charge on any atom is -0.358 e. The molecule has 4 N–H and O–H groups in total. The van der Waals surface area contributed by atoms with Gasteiger partial charge in [0.25, 0.3) is 0 Å². The van der Waals surface area contributed by atoms with Crippen LogP contribution in [-0.2, 0) is 0 Å². The van der Waals surface area contributed by atoms with E-state index in [0.717, 1.165) is 26.5 Å². The Bertz CT molecular complexity index is 708. The third-order valence-corrected chi connectivity index (χ3v) is 5.49. The molecule has 0 saturated carbocycles. The fourth-order valence-corrected chi connectivity index (χ4v) is 4.16. The second-order valence-electron chi connectivity index (χ2n) is 3.79. The highest BCUT2D eigenvalue weighted by Crippen LogP contribution is 2.34. The molecule has 3 nitrogen and oxygen atoms in total. The molecule has 0 amide bonds. The number of benzene rings is 1. The number of hydrogen-bond donors (Lipinski definition) is 3. The van der Waals surface area contributed by atoms with Crippen molar-refractivity contribution < 1.29 is 0 Å². The lowest BCUT2D eigenvalue weighted by atomic mass is 10.2. The maximum Gasteiger partial charge on any atom is 0.0819 e. The number of para-hydroxylation sites is 1. The van der Waals surface area contributed by atoms with Crippen molar-refractivity contribution in [3.63, 3.8) is 0 Å². The first-order chi connectivity index (χ1) is 10.3. The van der Waals surface area contributed by atoms with Crippen LogP contribution in [0.2, 0.25) is 5.02 Å². The number of aromatic amines is 1. The van der Waals surface area contributed by atoms with Gasteiger partial charge in [-0.05, 0) is 36.0 Å². The largest absolute Gasteiger partial charge is 0.358 e. The van der Waals surface area contributed by atoms with E-state index in [-0.39, 0.29) is 0 Å². The number of halogens is 1. The summed E-state index contributed by atoms with van der Waals surface area (Å²) in [6.07, 6.45) is 1.80. The molecule has 112 valence electrons. The second-order valence-corrected chi connectivity index (χ2v) is 6.92. The molecule has 2 heterocycles. The van der Waals surface area contributed by atoms with Gasteiger partial charge in [-0.15, -0.1) is 11.3 Å². The predicted octanol–water partition coefficient (Wildman–Crippen LogP) is 5.99. The van der Waals surface area contributed by atoms with Crippen LogP contribution in [0.5, 0.6) is 0 Å². The van der Waals surface area contributed by atoms with Crippen LogP contribution in [0.4, 0.5) is 5.69 Å². The lowest BCUT2D eigenvalue weighted by Crippen LogP contribution is -1.86. The molecule has 0 saturated heterocycles. The smallest absolute Gasteiger partial charge is 0.0819 e. The Hall–Kier alpha value is -0.790. The van der Waals surface area contributed by atoms with E-state index in [1.807, 2.05) is 37.4 Å². The Morgan fingerprint density at radius 1 is 1.33 bits per heavy atom. The van der Waals surface area contributed by atoms with Crippen molar-refractivity contribution in [2.45, 2.75) is 23.0 Å². The molecule has 1 aromatic carbocycles. The van der Waals surface area contributed by atoms with Crippen LogP contribution in [0.3, 0.4) is 0 Å². The Morgan fingerprint density at radius 3 is 2.86 bits per heavy atom. The first kappa shape index (κ1) is 16.6. The van der Waals surface area contributed by atoms with Crippen LogP contribution >= 0.6 is 46.8 Å². The van der Waals surface area contributed by atoms with Crippen molar-refractivity contribution in [3.8, 4) is 0 Å². The first-order valence-corrected chi connectivity index (χ1v) is 9.37. The van der Waals surface area contributed by atoms with E-state index in [0.29, 0.717) is 0 Å². The number of aromatic nitrogens is 1. The van der Waals surface area contributed by atoms with E-state index in [1.165, 1.54) is 16.2 Å². The molecule has 0 fully saturated rings. The van der Waals surface area contributed by atoms with Gasteiger partial charge in [-0.25, -0.2) is 0 Å². The molecular weight excluding hydrogens is 342 g/mol. The predicted molar refractivity (Wildman–Crippen MR) is 98.5 cm³/mol. The number of anilines is 1. The molecule has 0 unspecified atom stereocenters. The van der Waals surface area contributed by atoms with Gasteiger partial charge in [0.15, 0.2) is 0 Å². The van der Waals surface area contributed by atoms with Gasteiger partial charge >= 0.3 is 0 Å². The van der Waals surface area contributed by atoms with Crippen LogP contribution in [-0.4, -0.2) is 4.98 Å². The average molecular weight is 358 g/mol. The highest BCUT2D eigenvalue weighted by Gasteiger charge is 2.06. The van der Waals surface area contributed by atoms with Crippen LogP contribution in [0.1, 0.15) is 13.8 Å². The van der Waals surface area contributed by atoms with Crippen LogP contribution < -0.4 is 9.86 Å². The molecule has 7 heteroatoms. The van der Waals surface area contributed by atoms with Crippen LogP contribution in [0, 0.1) is 0 Å². The van der Waals surface area contributed by atoms with Gasteiger partial charge in [0.2, 0.25) is 0 Å². The summed E-state index contributed by atoms with van der Waals surface area (Å²) < 4.78 is 4.51. The summed E-state index contributed by atoms with van der Waals surface area (Å²) in [5.74, 6) is 0.